The Morgan fingerprint density at radius 3 is 2.06 bits per heavy atom. The van der Waals surface area contributed by atoms with E-state index in [4.69, 9.17) is 0 Å². The normalized spacial score (nSPS) is 12.4. The van der Waals surface area contributed by atoms with Crippen molar-refractivity contribution >= 4 is 11.7 Å². The highest BCUT2D eigenvalue weighted by atomic mass is 16.1. The molecule has 0 bridgehead atoms. The lowest BCUT2D eigenvalue weighted by Gasteiger charge is -2.33. The van der Waals surface area contributed by atoms with Crippen molar-refractivity contribution in [3.8, 4) is 0 Å². The van der Waals surface area contributed by atoms with Crippen LogP contribution in [0.25, 0.3) is 0 Å². The molecule has 0 fully saturated rings. The van der Waals surface area contributed by atoms with Gasteiger partial charge in [-0.3, -0.25) is 9.59 Å². The molecule has 100 valence electrons. The van der Waals surface area contributed by atoms with Crippen LogP contribution in [0.5, 0.6) is 0 Å². The minimum Gasteiger partial charge on any atom is -0.356 e. The highest BCUT2D eigenvalue weighted by Gasteiger charge is 2.32. The van der Waals surface area contributed by atoms with E-state index in [1.54, 1.807) is 6.92 Å². The fraction of sp³-hybridized carbons (Fsp3) is 0.857. The summed E-state index contributed by atoms with van der Waals surface area (Å²) in [5.41, 5.74) is -0.377. The molecule has 0 heterocycles. The van der Waals surface area contributed by atoms with Crippen LogP contribution in [0.15, 0.2) is 0 Å². The van der Waals surface area contributed by atoms with Gasteiger partial charge in [-0.2, -0.15) is 0 Å². The van der Waals surface area contributed by atoms with Crippen molar-refractivity contribution in [2.24, 2.45) is 10.8 Å². The zero-order valence-corrected chi connectivity index (χ0v) is 12.1. The molecule has 0 aromatic carbocycles. The maximum atomic E-state index is 11.5. The van der Waals surface area contributed by atoms with Crippen LogP contribution in [0.2, 0.25) is 0 Å². The number of nitrogens with one attached hydrogen (secondary N) is 1. The summed E-state index contributed by atoms with van der Waals surface area (Å²) in [4.78, 5) is 22.9. The van der Waals surface area contributed by atoms with Gasteiger partial charge in [0.15, 0.2) is 0 Å². The Balaban J connectivity index is 4.30. The van der Waals surface area contributed by atoms with E-state index in [2.05, 4.69) is 19.2 Å². The highest BCUT2D eigenvalue weighted by Crippen LogP contribution is 2.33. The lowest BCUT2D eigenvalue weighted by atomic mass is 9.73. The first-order valence-corrected chi connectivity index (χ1v) is 6.38. The fourth-order valence-corrected chi connectivity index (χ4v) is 2.04. The smallest absolute Gasteiger partial charge is 0.220 e. The van der Waals surface area contributed by atoms with Gasteiger partial charge in [0.1, 0.15) is 5.78 Å². The summed E-state index contributed by atoms with van der Waals surface area (Å²) in [6, 6.07) is 0. The monoisotopic (exact) mass is 241 g/mol. The Morgan fingerprint density at radius 1 is 1.12 bits per heavy atom. The van der Waals surface area contributed by atoms with E-state index in [9.17, 15) is 9.59 Å². The van der Waals surface area contributed by atoms with Gasteiger partial charge in [0.2, 0.25) is 5.91 Å². The molecular formula is C14H27NO2. The molecule has 0 aliphatic carbocycles. The summed E-state index contributed by atoms with van der Waals surface area (Å²) < 4.78 is 0. The third kappa shape index (κ3) is 6.44. The molecule has 0 atom stereocenters. The molecule has 0 spiro atoms. The van der Waals surface area contributed by atoms with Gasteiger partial charge in [-0.05, 0) is 25.2 Å². The summed E-state index contributed by atoms with van der Waals surface area (Å²) in [7, 11) is 0. The van der Waals surface area contributed by atoms with Gasteiger partial charge in [-0.1, -0.05) is 34.6 Å². The molecule has 1 amide bonds. The predicted molar refractivity (Wildman–Crippen MR) is 70.8 cm³/mol. The number of hydrogen-bond donors (Lipinski definition) is 1. The SMILES string of the molecule is CCCC(=O)NCC(C)(C)CC(C)(C)C(C)=O. The van der Waals surface area contributed by atoms with E-state index in [1.165, 1.54) is 0 Å². The minimum absolute atomic E-state index is 0.0570. The second kappa shape index (κ2) is 6.18. The van der Waals surface area contributed by atoms with Crippen molar-refractivity contribution in [1.29, 1.82) is 0 Å². The number of hydrogen-bond acceptors (Lipinski definition) is 2. The van der Waals surface area contributed by atoms with Crippen molar-refractivity contribution in [3.05, 3.63) is 0 Å². The van der Waals surface area contributed by atoms with Crippen molar-refractivity contribution in [2.45, 2.75) is 60.8 Å². The first-order chi connectivity index (χ1) is 7.60. The number of carbonyl (C=O) groups is 2. The van der Waals surface area contributed by atoms with Crippen molar-refractivity contribution in [2.75, 3.05) is 6.54 Å². The zero-order valence-electron chi connectivity index (χ0n) is 12.1. The molecular weight excluding hydrogens is 214 g/mol. The van der Waals surface area contributed by atoms with Gasteiger partial charge in [0, 0.05) is 18.4 Å². The quantitative estimate of drug-likeness (QED) is 0.745. The van der Waals surface area contributed by atoms with Crippen LogP contribution in [0.4, 0.5) is 0 Å². The van der Waals surface area contributed by atoms with Crippen LogP contribution in [0, 0.1) is 10.8 Å². The van der Waals surface area contributed by atoms with Gasteiger partial charge >= 0.3 is 0 Å². The molecule has 0 aliphatic rings. The molecule has 3 nitrogen and oxygen atoms in total. The Kier molecular flexibility index (Phi) is 5.86. The average Bonchev–Trinajstić information content (AvgIpc) is 2.13. The summed E-state index contributed by atoms with van der Waals surface area (Å²) in [5.74, 6) is 0.298. The Labute approximate surface area is 105 Å². The maximum Gasteiger partial charge on any atom is 0.220 e. The van der Waals surface area contributed by atoms with Crippen molar-refractivity contribution in [3.63, 3.8) is 0 Å². The van der Waals surface area contributed by atoms with E-state index < -0.39 is 0 Å². The first kappa shape index (κ1) is 16.1. The van der Waals surface area contributed by atoms with E-state index in [0.717, 1.165) is 12.8 Å². The van der Waals surface area contributed by atoms with Gasteiger partial charge < -0.3 is 5.32 Å². The molecule has 3 heteroatoms. The van der Waals surface area contributed by atoms with Gasteiger partial charge in [-0.25, -0.2) is 0 Å². The average molecular weight is 241 g/mol. The Hall–Kier alpha value is -0.860. The summed E-state index contributed by atoms with van der Waals surface area (Å²) in [6.07, 6.45) is 2.22. The van der Waals surface area contributed by atoms with Crippen LogP contribution in [-0.2, 0) is 9.59 Å². The van der Waals surface area contributed by atoms with E-state index in [0.29, 0.717) is 13.0 Å². The Bertz CT molecular complexity index is 280. The second-order valence-corrected chi connectivity index (χ2v) is 6.31. The van der Waals surface area contributed by atoms with Crippen molar-refractivity contribution in [1.82, 2.24) is 5.32 Å². The molecule has 0 aromatic heterocycles. The van der Waals surface area contributed by atoms with Gasteiger partial charge in [0.05, 0.1) is 0 Å². The van der Waals surface area contributed by atoms with Crippen LogP contribution < -0.4 is 5.32 Å². The van der Waals surface area contributed by atoms with Crippen molar-refractivity contribution < 1.29 is 9.59 Å². The van der Waals surface area contributed by atoms with Crippen LogP contribution in [0.1, 0.15) is 60.8 Å². The number of amides is 1. The summed E-state index contributed by atoms with van der Waals surface area (Å²) >= 11 is 0. The molecule has 17 heavy (non-hydrogen) atoms. The molecule has 0 saturated carbocycles. The van der Waals surface area contributed by atoms with Crippen LogP contribution in [-0.4, -0.2) is 18.2 Å². The highest BCUT2D eigenvalue weighted by molar-refractivity contribution is 5.81. The molecule has 0 rings (SSSR count). The predicted octanol–water partition coefficient (Wildman–Crippen LogP) is 2.93. The Morgan fingerprint density at radius 2 is 1.65 bits per heavy atom. The topological polar surface area (TPSA) is 46.2 Å². The third-order valence-corrected chi connectivity index (χ3v) is 3.11. The second-order valence-electron chi connectivity index (χ2n) is 6.31. The number of ketones is 1. The molecule has 0 aliphatic heterocycles. The fourth-order valence-electron chi connectivity index (χ4n) is 2.04. The van der Waals surface area contributed by atoms with E-state index in [1.807, 2.05) is 20.8 Å². The van der Waals surface area contributed by atoms with E-state index >= 15 is 0 Å². The first-order valence-electron chi connectivity index (χ1n) is 6.38. The summed E-state index contributed by atoms with van der Waals surface area (Å²) in [6.45, 7) is 12.3. The lowest BCUT2D eigenvalue weighted by molar-refractivity contribution is -0.126. The molecule has 0 radical (unpaired) electrons. The van der Waals surface area contributed by atoms with E-state index in [-0.39, 0.29) is 22.5 Å². The number of rotatable bonds is 7. The van der Waals surface area contributed by atoms with Crippen LogP contribution >= 0.6 is 0 Å². The zero-order chi connectivity index (χ0) is 13.7. The molecule has 0 saturated heterocycles. The molecule has 1 N–H and O–H groups in total. The standard InChI is InChI=1S/C14H27NO2/c1-7-8-12(17)15-10-13(3,4)9-14(5,6)11(2)16/h7-10H2,1-6H3,(H,15,17). The summed E-state index contributed by atoms with van der Waals surface area (Å²) in [5, 5.41) is 2.94. The number of Topliss-reactive ketones (excluding diaryl/α,β-unsaturated/α-hetero) is 1. The molecule has 0 unspecified atom stereocenters. The largest absolute Gasteiger partial charge is 0.356 e. The van der Waals surface area contributed by atoms with Crippen LogP contribution in [0.3, 0.4) is 0 Å². The minimum atomic E-state index is -0.320. The number of carbonyl (C=O) groups excluding carboxylic acids is 2. The lowest BCUT2D eigenvalue weighted by Crippen LogP contribution is -2.38. The maximum absolute atomic E-state index is 11.5. The van der Waals surface area contributed by atoms with Gasteiger partial charge in [-0.15, -0.1) is 0 Å². The third-order valence-electron chi connectivity index (χ3n) is 3.11. The molecule has 0 aromatic rings. The van der Waals surface area contributed by atoms with Gasteiger partial charge in [0.25, 0.3) is 0 Å².